The first kappa shape index (κ1) is 26.4. The molecule has 34 heavy (non-hydrogen) atoms. The highest BCUT2D eigenvalue weighted by Gasteiger charge is 2.30. The van der Waals surface area contributed by atoms with Crippen molar-refractivity contribution in [3.05, 3.63) is 76.5 Å². The van der Waals surface area contributed by atoms with Crippen LogP contribution in [0, 0.1) is 0 Å². The van der Waals surface area contributed by atoms with E-state index in [0.29, 0.717) is 24.5 Å². The minimum Gasteiger partial charge on any atom is -0.488 e. The Bertz CT molecular complexity index is 914. The molecule has 186 valence electrons. The van der Waals surface area contributed by atoms with Crippen molar-refractivity contribution in [2.45, 2.75) is 50.0 Å². The summed E-state index contributed by atoms with van der Waals surface area (Å²) in [4.78, 5) is 0. The third kappa shape index (κ3) is 7.68. The molecule has 0 saturated carbocycles. The minimum atomic E-state index is -1.78. The topological polar surface area (TPSA) is 129 Å². The molecule has 0 aliphatic carbocycles. The number of allylic oxidation sites excluding steroid dienone is 1. The fourth-order valence-corrected chi connectivity index (χ4v) is 3.68. The van der Waals surface area contributed by atoms with Gasteiger partial charge in [0.15, 0.2) is 0 Å². The van der Waals surface area contributed by atoms with Crippen LogP contribution in [-0.4, -0.2) is 76.1 Å². The van der Waals surface area contributed by atoms with Crippen LogP contribution in [0.4, 0.5) is 0 Å². The summed E-state index contributed by atoms with van der Waals surface area (Å²) < 4.78 is 16.2. The maximum atomic E-state index is 9.76. The standard InChI is InChI=1S/C25H31ClO8/c26-21-8-5-16(2-1-10-33-25(31)24(30)23(29)22(28)14-27)12-18(21)13-17-3-6-19(7-4-17)34-20-9-11-32-15-20/h1,3-8,10,12,20,22-25,27-31H,2,9,11,13-15H2/b10-1-/t20-,22+,23+,24-,25-/m0/s1. The molecular formula is C25H31ClO8. The van der Waals surface area contributed by atoms with E-state index in [0.717, 1.165) is 35.5 Å². The number of halogens is 1. The molecule has 5 atom stereocenters. The molecule has 1 aliphatic heterocycles. The van der Waals surface area contributed by atoms with Crippen molar-refractivity contribution in [3.8, 4) is 5.75 Å². The molecular weight excluding hydrogens is 464 g/mol. The van der Waals surface area contributed by atoms with Crippen LogP contribution in [0.2, 0.25) is 5.02 Å². The molecule has 2 aromatic carbocycles. The molecule has 0 bridgehead atoms. The lowest BCUT2D eigenvalue weighted by Crippen LogP contribution is -2.46. The van der Waals surface area contributed by atoms with E-state index in [4.69, 9.17) is 30.9 Å². The minimum absolute atomic E-state index is 0.107. The first-order valence-electron chi connectivity index (χ1n) is 11.1. The van der Waals surface area contributed by atoms with Crippen molar-refractivity contribution in [2.24, 2.45) is 0 Å². The number of aliphatic hydroxyl groups is 5. The molecule has 2 aromatic rings. The van der Waals surface area contributed by atoms with Crippen LogP contribution in [-0.2, 0) is 22.3 Å². The predicted octanol–water partition coefficient (Wildman–Crippen LogP) is 1.56. The SMILES string of the molecule is OC[C@@H](O)[C@@H](O)[C@H](O)[C@@H](O)O/C=C\Cc1ccc(Cl)c(Cc2ccc(O[C@H]3CCOC3)cc2)c1. The molecule has 1 fully saturated rings. The first-order valence-corrected chi connectivity index (χ1v) is 11.5. The highest BCUT2D eigenvalue weighted by atomic mass is 35.5. The van der Waals surface area contributed by atoms with Crippen LogP contribution in [0.15, 0.2) is 54.8 Å². The summed E-state index contributed by atoms with van der Waals surface area (Å²) >= 11 is 6.39. The molecule has 9 heteroatoms. The summed E-state index contributed by atoms with van der Waals surface area (Å²) in [6, 6.07) is 13.6. The maximum absolute atomic E-state index is 9.76. The second kappa shape index (κ2) is 13.1. The van der Waals surface area contributed by atoms with E-state index in [1.54, 1.807) is 6.08 Å². The zero-order valence-electron chi connectivity index (χ0n) is 18.7. The monoisotopic (exact) mass is 494 g/mol. The largest absolute Gasteiger partial charge is 0.488 e. The van der Waals surface area contributed by atoms with Gasteiger partial charge in [0.05, 0.1) is 26.1 Å². The number of hydrogen-bond donors (Lipinski definition) is 5. The average Bonchev–Trinajstić information content (AvgIpc) is 3.36. The summed E-state index contributed by atoms with van der Waals surface area (Å²) in [5, 5.41) is 47.9. The van der Waals surface area contributed by atoms with Gasteiger partial charge in [-0.2, -0.15) is 0 Å². The summed E-state index contributed by atoms with van der Waals surface area (Å²) in [6.07, 6.45) is -1.90. The van der Waals surface area contributed by atoms with Crippen molar-refractivity contribution in [2.75, 3.05) is 19.8 Å². The fourth-order valence-electron chi connectivity index (χ4n) is 3.50. The number of rotatable bonds is 12. The Morgan fingerprint density at radius 1 is 1.03 bits per heavy atom. The van der Waals surface area contributed by atoms with Gasteiger partial charge in [0.1, 0.15) is 30.2 Å². The summed E-state index contributed by atoms with van der Waals surface area (Å²) in [7, 11) is 0. The molecule has 5 N–H and O–H groups in total. The summed E-state index contributed by atoms with van der Waals surface area (Å²) in [6.45, 7) is 0.602. The maximum Gasteiger partial charge on any atom is 0.225 e. The highest BCUT2D eigenvalue weighted by molar-refractivity contribution is 6.31. The summed E-state index contributed by atoms with van der Waals surface area (Å²) in [5.41, 5.74) is 3.02. The van der Waals surface area contributed by atoms with Crippen LogP contribution >= 0.6 is 11.6 Å². The Labute approximate surface area is 203 Å². The van der Waals surface area contributed by atoms with Crippen molar-refractivity contribution < 1.29 is 39.7 Å². The third-order valence-corrected chi connectivity index (χ3v) is 5.88. The zero-order valence-corrected chi connectivity index (χ0v) is 19.4. The lowest BCUT2D eigenvalue weighted by atomic mass is 10.0. The third-order valence-electron chi connectivity index (χ3n) is 5.51. The molecule has 0 aromatic heterocycles. The Morgan fingerprint density at radius 2 is 1.76 bits per heavy atom. The number of hydrogen-bond acceptors (Lipinski definition) is 8. The van der Waals surface area contributed by atoms with Crippen molar-refractivity contribution >= 4 is 11.6 Å². The van der Waals surface area contributed by atoms with Gasteiger partial charge in [-0.3, -0.25) is 0 Å². The number of aliphatic hydroxyl groups excluding tert-OH is 5. The van der Waals surface area contributed by atoms with Crippen molar-refractivity contribution in [1.29, 1.82) is 0 Å². The second-order valence-electron chi connectivity index (χ2n) is 8.18. The van der Waals surface area contributed by atoms with Gasteiger partial charge in [0.2, 0.25) is 6.29 Å². The Hall–Kier alpha value is -2.17. The molecule has 0 unspecified atom stereocenters. The van der Waals surface area contributed by atoms with Gasteiger partial charge >= 0.3 is 0 Å². The van der Waals surface area contributed by atoms with Gasteiger partial charge in [-0.25, -0.2) is 0 Å². The molecule has 1 aliphatic rings. The Kier molecular flexibility index (Phi) is 10.2. The number of ether oxygens (including phenoxy) is 3. The zero-order chi connectivity index (χ0) is 24.5. The van der Waals surface area contributed by atoms with E-state index in [2.05, 4.69) is 0 Å². The van der Waals surface area contributed by atoms with Crippen molar-refractivity contribution in [3.63, 3.8) is 0 Å². The van der Waals surface area contributed by atoms with E-state index in [1.807, 2.05) is 42.5 Å². The molecule has 8 nitrogen and oxygen atoms in total. The summed E-state index contributed by atoms with van der Waals surface area (Å²) in [5.74, 6) is 0.815. The van der Waals surface area contributed by atoms with Gasteiger partial charge in [0, 0.05) is 11.4 Å². The normalized spacial score (nSPS) is 19.6. The van der Waals surface area contributed by atoms with E-state index >= 15 is 0 Å². The molecule has 0 spiro atoms. The van der Waals surface area contributed by atoms with E-state index in [9.17, 15) is 20.4 Å². The molecule has 3 rings (SSSR count). The van der Waals surface area contributed by atoms with Gasteiger partial charge in [-0.05, 0) is 53.8 Å². The molecule has 1 heterocycles. The average molecular weight is 495 g/mol. The van der Waals surface area contributed by atoms with Crippen LogP contribution in [0.25, 0.3) is 0 Å². The first-order chi connectivity index (χ1) is 16.4. The van der Waals surface area contributed by atoms with Crippen LogP contribution in [0.5, 0.6) is 5.75 Å². The Balaban J connectivity index is 1.52. The van der Waals surface area contributed by atoms with E-state index in [1.165, 1.54) is 6.26 Å². The lowest BCUT2D eigenvalue weighted by Gasteiger charge is -2.24. The number of benzene rings is 2. The highest BCUT2D eigenvalue weighted by Crippen LogP contribution is 2.24. The molecule has 0 amide bonds. The predicted molar refractivity (Wildman–Crippen MR) is 126 cm³/mol. The van der Waals surface area contributed by atoms with E-state index in [-0.39, 0.29) is 6.10 Å². The quantitative estimate of drug-likeness (QED) is 0.222. The van der Waals surface area contributed by atoms with Crippen LogP contribution < -0.4 is 4.74 Å². The smallest absolute Gasteiger partial charge is 0.225 e. The van der Waals surface area contributed by atoms with Gasteiger partial charge in [0.25, 0.3) is 0 Å². The van der Waals surface area contributed by atoms with Gasteiger partial charge in [-0.1, -0.05) is 35.9 Å². The molecule has 0 radical (unpaired) electrons. The van der Waals surface area contributed by atoms with Gasteiger partial charge in [-0.15, -0.1) is 0 Å². The van der Waals surface area contributed by atoms with Crippen molar-refractivity contribution in [1.82, 2.24) is 0 Å². The van der Waals surface area contributed by atoms with E-state index < -0.39 is 31.2 Å². The van der Waals surface area contributed by atoms with Gasteiger partial charge < -0.3 is 39.7 Å². The second-order valence-corrected chi connectivity index (χ2v) is 8.59. The fraction of sp³-hybridized carbons (Fsp3) is 0.440. The van der Waals surface area contributed by atoms with Crippen LogP contribution in [0.3, 0.4) is 0 Å². The molecule has 1 saturated heterocycles. The lowest BCUT2D eigenvalue weighted by molar-refractivity contribution is -0.183. The van der Waals surface area contributed by atoms with Crippen LogP contribution in [0.1, 0.15) is 23.1 Å². The Morgan fingerprint density at radius 3 is 2.44 bits per heavy atom.